The Balaban J connectivity index is 2.41. The quantitative estimate of drug-likeness (QED) is 0.737. The van der Waals surface area contributed by atoms with E-state index in [2.05, 4.69) is 15.9 Å². The highest BCUT2D eigenvalue weighted by Crippen LogP contribution is 2.38. The van der Waals surface area contributed by atoms with Crippen LogP contribution in [0.4, 0.5) is 17.6 Å². The van der Waals surface area contributed by atoms with Crippen molar-refractivity contribution in [1.29, 1.82) is 0 Å². The van der Waals surface area contributed by atoms with Crippen LogP contribution in [-0.4, -0.2) is 13.2 Å². The minimum Gasteiger partial charge on any atom is -0.346 e. The van der Waals surface area contributed by atoms with Gasteiger partial charge in [-0.2, -0.15) is 13.2 Å². The van der Waals surface area contributed by atoms with E-state index in [4.69, 9.17) is 9.47 Å². The zero-order chi connectivity index (χ0) is 12.6. The molecule has 2 nitrogen and oxygen atoms in total. The fourth-order valence-corrected chi connectivity index (χ4v) is 2.08. The van der Waals surface area contributed by atoms with Crippen molar-refractivity contribution in [2.24, 2.45) is 0 Å². The number of halogens is 5. The van der Waals surface area contributed by atoms with Crippen LogP contribution in [0.2, 0.25) is 0 Å². The molecule has 0 radical (unpaired) electrons. The van der Waals surface area contributed by atoms with Crippen LogP contribution < -0.4 is 0 Å². The van der Waals surface area contributed by atoms with Crippen LogP contribution in [-0.2, 0) is 15.7 Å². The highest BCUT2D eigenvalue weighted by molar-refractivity contribution is 9.10. The number of benzene rings is 1. The molecule has 0 saturated carbocycles. The minimum absolute atomic E-state index is 0.0395. The lowest BCUT2D eigenvalue weighted by molar-refractivity contribution is -0.138. The van der Waals surface area contributed by atoms with Crippen molar-refractivity contribution >= 4 is 15.9 Å². The standard InChI is InChI=1S/C10H7BrF4O2/c11-7-3-5(9-16-1-2-17-9)8(12)4-6(7)10(13,14)15/h3-4,9H,1-2H2. The van der Waals surface area contributed by atoms with Gasteiger partial charge in [-0.05, 0) is 12.1 Å². The Bertz CT molecular complexity index is 427. The molecule has 1 aliphatic heterocycles. The summed E-state index contributed by atoms with van der Waals surface area (Å²) in [6.45, 7) is 0.589. The van der Waals surface area contributed by atoms with E-state index in [1.54, 1.807) is 0 Å². The van der Waals surface area contributed by atoms with Crippen LogP contribution in [0.3, 0.4) is 0 Å². The number of alkyl halides is 3. The lowest BCUT2D eigenvalue weighted by Crippen LogP contribution is -2.09. The first kappa shape index (κ1) is 12.8. The molecule has 1 saturated heterocycles. The minimum atomic E-state index is -4.60. The molecule has 0 spiro atoms. The molecule has 2 rings (SSSR count). The van der Waals surface area contributed by atoms with E-state index in [-0.39, 0.29) is 10.0 Å². The molecule has 7 heteroatoms. The maximum atomic E-state index is 13.5. The second-order valence-corrected chi connectivity index (χ2v) is 4.28. The molecular weight excluding hydrogens is 308 g/mol. The SMILES string of the molecule is Fc1cc(C(F)(F)F)c(Br)cc1C1OCCO1. The van der Waals surface area contributed by atoms with Crippen LogP contribution in [0, 0.1) is 5.82 Å². The first-order chi connectivity index (χ1) is 7.89. The summed E-state index contributed by atoms with van der Waals surface area (Å²) in [6, 6.07) is 1.47. The van der Waals surface area contributed by atoms with Gasteiger partial charge in [0.15, 0.2) is 6.29 Å². The first-order valence-electron chi connectivity index (χ1n) is 4.69. The molecular formula is C10H7BrF4O2. The van der Waals surface area contributed by atoms with Gasteiger partial charge in [0.25, 0.3) is 0 Å². The Morgan fingerprint density at radius 3 is 2.29 bits per heavy atom. The summed E-state index contributed by atoms with van der Waals surface area (Å²) in [7, 11) is 0. The Hall–Kier alpha value is -0.660. The van der Waals surface area contributed by atoms with Crippen LogP contribution >= 0.6 is 15.9 Å². The van der Waals surface area contributed by atoms with E-state index >= 15 is 0 Å². The van der Waals surface area contributed by atoms with Gasteiger partial charge in [0, 0.05) is 10.0 Å². The fourth-order valence-electron chi connectivity index (χ4n) is 1.50. The molecule has 94 valence electrons. The van der Waals surface area contributed by atoms with Gasteiger partial charge in [-0.3, -0.25) is 0 Å². The predicted octanol–water partition coefficient (Wildman–Crippen LogP) is 3.65. The maximum absolute atomic E-state index is 13.5. The van der Waals surface area contributed by atoms with Crippen molar-refractivity contribution in [1.82, 2.24) is 0 Å². The molecule has 17 heavy (non-hydrogen) atoms. The van der Waals surface area contributed by atoms with Gasteiger partial charge in [0.2, 0.25) is 0 Å². The molecule has 1 heterocycles. The molecule has 1 aliphatic rings. The van der Waals surface area contributed by atoms with Crippen molar-refractivity contribution in [3.05, 3.63) is 33.5 Å². The molecule has 0 atom stereocenters. The van der Waals surface area contributed by atoms with Gasteiger partial charge in [-0.1, -0.05) is 15.9 Å². The van der Waals surface area contributed by atoms with Crippen LogP contribution in [0.15, 0.2) is 16.6 Å². The summed E-state index contributed by atoms with van der Waals surface area (Å²) >= 11 is 2.77. The van der Waals surface area contributed by atoms with Crippen LogP contribution in [0.25, 0.3) is 0 Å². The van der Waals surface area contributed by atoms with Gasteiger partial charge in [-0.25, -0.2) is 4.39 Å². The normalized spacial score (nSPS) is 17.7. The van der Waals surface area contributed by atoms with E-state index in [0.29, 0.717) is 19.3 Å². The topological polar surface area (TPSA) is 18.5 Å². The van der Waals surface area contributed by atoms with Crippen LogP contribution in [0.5, 0.6) is 0 Å². The lowest BCUT2D eigenvalue weighted by Gasteiger charge is -2.14. The summed E-state index contributed by atoms with van der Waals surface area (Å²) in [4.78, 5) is 0. The average molecular weight is 315 g/mol. The second-order valence-electron chi connectivity index (χ2n) is 3.42. The molecule has 0 unspecified atom stereocenters. The van der Waals surface area contributed by atoms with E-state index in [0.717, 1.165) is 6.07 Å². The molecule has 1 fully saturated rings. The molecule has 0 N–H and O–H groups in total. The summed E-state index contributed by atoms with van der Waals surface area (Å²) in [5.74, 6) is -0.993. The smallest absolute Gasteiger partial charge is 0.346 e. The highest BCUT2D eigenvalue weighted by atomic mass is 79.9. The van der Waals surface area contributed by atoms with Crippen molar-refractivity contribution in [2.45, 2.75) is 12.5 Å². The molecule has 0 aromatic heterocycles. The van der Waals surface area contributed by atoms with E-state index in [1.165, 1.54) is 0 Å². The van der Waals surface area contributed by atoms with Crippen molar-refractivity contribution in [3.63, 3.8) is 0 Å². The van der Waals surface area contributed by atoms with Gasteiger partial charge in [0.1, 0.15) is 5.82 Å². The largest absolute Gasteiger partial charge is 0.417 e. The van der Waals surface area contributed by atoms with Crippen LogP contribution in [0.1, 0.15) is 17.4 Å². The number of hydrogen-bond acceptors (Lipinski definition) is 2. The van der Waals surface area contributed by atoms with Crippen molar-refractivity contribution in [3.8, 4) is 0 Å². The lowest BCUT2D eigenvalue weighted by atomic mass is 10.1. The Morgan fingerprint density at radius 2 is 1.76 bits per heavy atom. The molecule has 1 aromatic rings. The van der Waals surface area contributed by atoms with E-state index in [1.807, 2.05) is 0 Å². The fraction of sp³-hybridized carbons (Fsp3) is 0.400. The Morgan fingerprint density at radius 1 is 1.18 bits per heavy atom. The number of rotatable bonds is 1. The summed E-state index contributed by atoms with van der Waals surface area (Å²) in [5.41, 5.74) is -1.10. The van der Waals surface area contributed by atoms with Gasteiger partial charge in [-0.15, -0.1) is 0 Å². The monoisotopic (exact) mass is 314 g/mol. The number of ether oxygens (including phenoxy) is 2. The third-order valence-electron chi connectivity index (χ3n) is 2.27. The summed E-state index contributed by atoms with van der Waals surface area (Å²) < 4.78 is 60.8. The van der Waals surface area contributed by atoms with Gasteiger partial charge >= 0.3 is 6.18 Å². The van der Waals surface area contributed by atoms with Gasteiger partial charge < -0.3 is 9.47 Å². The summed E-state index contributed by atoms with van der Waals surface area (Å²) in [6.07, 6.45) is -5.54. The van der Waals surface area contributed by atoms with Crippen molar-refractivity contribution in [2.75, 3.05) is 13.2 Å². The average Bonchev–Trinajstić information content (AvgIpc) is 2.72. The number of hydrogen-bond donors (Lipinski definition) is 0. The third-order valence-corrected chi connectivity index (χ3v) is 2.92. The Labute approximate surface area is 103 Å². The zero-order valence-corrected chi connectivity index (χ0v) is 9.94. The third kappa shape index (κ3) is 2.61. The molecule has 0 amide bonds. The first-order valence-corrected chi connectivity index (χ1v) is 5.48. The zero-order valence-electron chi connectivity index (χ0n) is 8.35. The molecule has 0 bridgehead atoms. The van der Waals surface area contributed by atoms with E-state index in [9.17, 15) is 17.6 Å². The predicted molar refractivity (Wildman–Crippen MR) is 53.7 cm³/mol. The van der Waals surface area contributed by atoms with Crippen molar-refractivity contribution < 1.29 is 27.0 Å². The Kier molecular flexibility index (Phi) is 3.42. The van der Waals surface area contributed by atoms with Gasteiger partial charge in [0.05, 0.1) is 18.8 Å². The second kappa shape index (κ2) is 4.55. The van der Waals surface area contributed by atoms with E-state index < -0.39 is 23.8 Å². The maximum Gasteiger partial charge on any atom is 0.417 e. The molecule has 0 aliphatic carbocycles. The summed E-state index contributed by atoms with van der Waals surface area (Å²) in [5, 5.41) is 0. The highest BCUT2D eigenvalue weighted by Gasteiger charge is 2.35. The molecule has 1 aromatic carbocycles.